The molecular formula is C30H47ClN8O2P2S4. The van der Waals surface area contributed by atoms with Crippen LogP contribution in [0.1, 0.15) is 25.7 Å². The van der Waals surface area contributed by atoms with Gasteiger partial charge in [-0.25, -0.2) is 0 Å². The van der Waals surface area contributed by atoms with Gasteiger partial charge in [-0.15, -0.1) is 30.9 Å². The number of nitrogens with zero attached hydrogens (tertiary/aromatic N) is 4. The predicted octanol–water partition coefficient (Wildman–Crippen LogP) is 6.50. The lowest BCUT2D eigenvalue weighted by Crippen LogP contribution is -2.30. The normalized spacial score (nSPS) is 17.5. The zero-order valence-corrected chi connectivity index (χ0v) is 33.2. The Morgan fingerprint density at radius 3 is 1.81 bits per heavy atom. The van der Waals surface area contributed by atoms with Crippen molar-refractivity contribution in [1.82, 2.24) is 9.80 Å². The molecule has 2 unspecified atom stereocenters. The molecule has 0 aliphatic carbocycles. The van der Waals surface area contributed by atoms with Crippen molar-refractivity contribution in [3.05, 3.63) is 48.5 Å². The largest absolute Gasteiger partial charge is 0.492 e. The average molecular weight is 777 g/mol. The summed E-state index contributed by atoms with van der Waals surface area (Å²) in [5.74, 6) is 1.75. The van der Waals surface area contributed by atoms with E-state index in [1.54, 1.807) is 0 Å². The van der Waals surface area contributed by atoms with Crippen LogP contribution in [0.4, 0.5) is 11.4 Å². The van der Waals surface area contributed by atoms with Crippen molar-refractivity contribution in [1.29, 1.82) is 5.41 Å². The third-order valence-electron chi connectivity index (χ3n) is 7.03. The van der Waals surface area contributed by atoms with E-state index in [0.717, 1.165) is 53.6 Å². The second kappa shape index (κ2) is 25.4. The van der Waals surface area contributed by atoms with E-state index in [-0.39, 0.29) is 17.6 Å². The number of rotatable bonds is 10. The van der Waals surface area contributed by atoms with Crippen LogP contribution in [0.5, 0.6) is 11.5 Å². The second-order valence-corrected chi connectivity index (χ2v) is 14.9. The lowest BCUT2D eigenvalue weighted by Gasteiger charge is -2.19. The number of hydrogen-bond donors (Lipinski definition) is 4. The molecule has 0 bridgehead atoms. The van der Waals surface area contributed by atoms with Gasteiger partial charge in [0, 0.05) is 28.8 Å². The molecule has 10 nitrogen and oxygen atoms in total. The number of thioether (sulfide) groups is 2. The summed E-state index contributed by atoms with van der Waals surface area (Å²) in [7, 11) is 9.35. The van der Waals surface area contributed by atoms with Crippen LogP contribution in [0.3, 0.4) is 0 Å². The molecule has 4 rings (SSSR count). The van der Waals surface area contributed by atoms with Crippen molar-refractivity contribution in [2.75, 3.05) is 56.7 Å². The van der Waals surface area contributed by atoms with Gasteiger partial charge in [0.2, 0.25) is 0 Å². The van der Waals surface area contributed by atoms with E-state index >= 15 is 0 Å². The van der Waals surface area contributed by atoms with Crippen molar-refractivity contribution < 1.29 is 9.47 Å². The summed E-state index contributed by atoms with van der Waals surface area (Å²) in [5.41, 5.74) is 13.9. The SMILES string of the molecule is CN1CCC[C@H]1COc1ccc(N=C=S)cc1.CN1CCC[C@H]1COc1ccc(NC(=S)N=C(N)SCP)cc1.Cl.N=C(N)SCP. The van der Waals surface area contributed by atoms with Crippen molar-refractivity contribution in [3.63, 3.8) is 0 Å². The number of thiocarbonyl (C=S) groups is 2. The molecule has 260 valence electrons. The van der Waals surface area contributed by atoms with Crippen molar-refractivity contribution in [2.45, 2.75) is 37.8 Å². The fourth-order valence-corrected chi connectivity index (χ4v) is 6.46. The number of benzene rings is 2. The first-order valence-corrected chi connectivity index (χ1v) is 19.2. The summed E-state index contributed by atoms with van der Waals surface area (Å²) < 4.78 is 11.6. The minimum absolute atomic E-state index is 0. The standard InChI is InChI=1S/C15H23N4OPS2.C13H16N2OS.C2H7N2PS.ClH/c1-19-8-2-3-12(19)9-20-13-6-4-11(5-7-13)17-15(22)18-14(16)23-10-21;1-15-8-2-3-12(15)9-16-13-6-4-11(5-7-13)14-10-17;3-2(4)6-1-5;/h4-7,12H,2-3,8-10,21H2,1H3,(H3,16,17,18,22);4-7,12H,2-3,8-9H2,1H3;1,5H2,(H3,3,4);1H/t2*12-;;/m00../s1. The number of halogens is 1. The number of ether oxygens (including phenoxy) is 2. The summed E-state index contributed by atoms with van der Waals surface area (Å²) in [6.45, 7) is 3.82. The quantitative estimate of drug-likeness (QED) is 0.0912. The molecule has 2 aliphatic rings. The highest BCUT2D eigenvalue weighted by Crippen LogP contribution is 2.21. The summed E-state index contributed by atoms with van der Waals surface area (Å²) in [4.78, 5) is 12.7. The Bertz CT molecular complexity index is 1290. The van der Waals surface area contributed by atoms with Crippen molar-refractivity contribution >= 4 is 111 Å². The number of anilines is 1. The zero-order valence-electron chi connectivity index (χ0n) is 26.8. The first-order chi connectivity index (χ1) is 22.1. The molecule has 2 aliphatic heterocycles. The molecule has 2 aromatic carbocycles. The summed E-state index contributed by atoms with van der Waals surface area (Å²) in [6.07, 6.45) is 4.96. The minimum Gasteiger partial charge on any atom is -0.492 e. The van der Waals surface area contributed by atoms with Gasteiger partial charge in [-0.05, 0) is 126 Å². The van der Waals surface area contributed by atoms with Crippen molar-refractivity contribution in [2.24, 2.45) is 21.5 Å². The van der Waals surface area contributed by atoms with Crippen LogP contribution in [0.15, 0.2) is 58.5 Å². The highest BCUT2D eigenvalue weighted by Gasteiger charge is 2.22. The molecule has 2 saturated heterocycles. The molecule has 47 heavy (non-hydrogen) atoms. The van der Waals surface area contributed by atoms with Gasteiger partial charge < -0.3 is 36.1 Å². The Labute approximate surface area is 309 Å². The maximum Gasteiger partial charge on any atom is 0.199 e. The van der Waals surface area contributed by atoms with Gasteiger partial charge in [-0.2, -0.15) is 9.98 Å². The lowest BCUT2D eigenvalue weighted by molar-refractivity contribution is 0.198. The smallest absolute Gasteiger partial charge is 0.199 e. The Balaban J connectivity index is 0.000000405. The molecule has 0 amide bonds. The van der Waals surface area contributed by atoms with Gasteiger partial charge >= 0.3 is 0 Å². The summed E-state index contributed by atoms with van der Waals surface area (Å²) >= 11 is 12.5. The fourth-order valence-electron chi connectivity index (χ4n) is 4.53. The predicted molar refractivity (Wildman–Crippen MR) is 221 cm³/mol. The van der Waals surface area contributed by atoms with Crippen LogP contribution in [0.2, 0.25) is 0 Å². The van der Waals surface area contributed by atoms with E-state index in [2.05, 4.69) is 75.1 Å². The number of amidine groups is 2. The first kappa shape index (κ1) is 43.5. The summed E-state index contributed by atoms with van der Waals surface area (Å²) in [5, 5.41) is 13.0. The topological polar surface area (TPSA) is 138 Å². The molecule has 2 heterocycles. The monoisotopic (exact) mass is 776 g/mol. The molecule has 0 saturated carbocycles. The number of nitrogens with one attached hydrogen (secondary N) is 2. The van der Waals surface area contributed by atoms with Crippen LogP contribution in [-0.2, 0) is 0 Å². The molecule has 0 radical (unpaired) electrons. The van der Waals surface area contributed by atoms with E-state index in [9.17, 15) is 0 Å². The maximum absolute atomic E-state index is 6.62. The Kier molecular flexibility index (Phi) is 23.5. The van der Waals surface area contributed by atoms with Crippen LogP contribution in [-0.4, -0.2) is 93.9 Å². The molecule has 2 aromatic rings. The van der Waals surface area contributed by atoms with E-state index < -0.39 is 0 Å². The molecule has 2 fully saturated rings. The van der Waals surface area contributed by atoms with Gasteiger partial charge in [-0.3, -0.25) is 5.41 Å². The minimum atomic E-state index is 0. The van der Waals surface area contributed by atoms with E-state index in [1.165, 1.54) is 55.8 Å². The average Bonchev–Trinajstić information content (AvgIpc) is 3.64. The maximum atomic E-state index is 6.62. The van der Waals surface area contributed by atoms with Crippen LogP contribution in [0, 0.1) is 5.41 Å². The van der Waals surface area contributed by atoms with Crippen LogP contribution >= 0.6 is 78.8 Å². The third kappa shape index (κ3) is 18.7. The number of likely N-dealkylation sites (N-methyl/N-ethyl adjacent to an activating group) is 2. The van der Waals surface area contributed by atoms with Crippen LogP contribution in [0.25, 0.3) is 0 Å². The number of nitrogens with two attached hydrogens (primary N) is 2. The number of likely N-dealkylation sites (tertiary alicyclic amines) is 2. The van der Waals surface area contributed by atoms with E-state index in [0.29, 0.717) is 22.4 Å². The Hall–Kier alpha value is -1.56. The molecule has 0 aromatic heterocycles. The first-order valence-electron chi connectivity index (χ1n) is 14.7. The molecule has 4 atom stereocenters. The second-order valence-electron chi connectivity index (χ2n) is 10.3. The number of hydrogen-bond acceptors (Lipinski definition) is 10. The van der Waals surface area contributed by atoms with Gasteiger partial charge in [0.25, 0.3) is 0 Å². The van der Waals surface area contributed by atoms with Gasteiger partial charge in [0.1, 0.15) is 24.7 Å². The molecule has 6 N–H and O–H groups in total. The molecule has 0 spiro atoms. The molecule has 17 heteroatoms. The highest BCUT2D eigenvalue weighted by atomic mass is 35.5. The third-order valence-corrected chi connectivity index (χ3v) is 9.34. The lowest BCUT2D eigenvalue weighted by atomic mass is 10.2. The van der Waals surface area contributed by atoms with Gasteiger partial charge in [-0.1, -0.05) is 23.5 Å². The summed E-state index contributed by atoms with van der Waals surface area (Å²) in [6, 6.07) is 16.4. The Morgan fingerprint density at radius 1 is 0.936 bits per heavy atom. The van der Waals surface area contributed by atoms with Crippen LogP contribution < -0.4 is 26.3 Å². The molecular weight excluding hydrogens is 730 g/mol. The van der Waals surface area contributed by atoms with Gasteiger partial charge in [0.05, 0.1) is 10.8 Å². The number of aliphatic imine (C=N–C) groups is 2. The number of isothiocyanates is 1. The highest BCUT2D eigenvalue weighted by molar-refractivity contribution is 8.16. The van der Waals surface area contributed by atoms with Crippen molar-refractivity contribution in [3.8, 4) is 11.5 Å². The fraction of sp³-hybridized carbons (Fsp3) is 0.467. The van der Waals surface area contributed by atoms with Gasteiger partial charge in [0.15, 0.2) is 15.4 Å². The Morgan fingerprint density at radius 2 is 1.43 bits per heavy atom. The zero-order chi connectivity index (χ0) is 33.7. The van der Waals surface area contributed by atoms with E-state index in [1.807, 2.05) is 48.5 Å². The van der Waals surface area contributed by atoms with E-state index in [4.69, 9.17) is 38.6 Å².